The molecule has 2 N–H and O–H groups in total. The van der Waals surface area contributed by atoms with E-state index in [1.807, 2.05) is 24.3 Å². The van der Waals surface area contributed by atoms with Gasteiger partial charge in [0.2, 0.25) is 0 Å². The number of nitrogens with two attached hydrogens (primary N) is 1. The largest absolute Gasteiger partial charge is 0.434 e. The summed E-state index contributed by atoms with van der Waals surface area (Å²) in [6.45, 7) is 1.80. The fourth-order valence-corrected chi connectivity index (χ4v) is 5.08. The van der Waals surface area contributed by atoms with Crippen molar-refractivity contribution in [2.75, 3.05) is 5.73 Å². The molecule has 0 aliphatic heterocycles. The molecule has 0 aromatic heterocycles. The number of Topliss-reactive ketones (excluding diaryl/α,β-unsaturated/α-hetero) is 1. The van der Waals surface area contributed by atoms with Gasteiger partial charge in [-0.2, -0.15) is 0 Å². The quantitative estimate of drug-likeness (QED) is 0.324. The number of hydrogen-bond acceptors (Lipinski definition) is 5. The van der Waals surface area contributed by atoms with Crippen molar-refractivity contribution in [3.05, 3.63) is 90.5 Å². The highest BCUT2D eigenvalue weighted by Gasteiger charge is 2.40. The van der Waals surface area contributed by atoms with Crippen LogP contribution in [0.5, 0.6) is 11.5 Å². The van der Waals surface area contributed by atoms with Crippen LogP contribution in [0.15, 0.2) is 84.9 Å². The van der Waals surface area contributed by atoms with Crippen molar-refractivity contribution in [1.82, 2.24) is 0 Å². The first-order chi connectivity index (χ1) is 14.5. The third-order valence-corrected chi connectivity index (χ3v) is 6.90. The lowest BCUT2D eigenvalue weighted by atomic mass is 10.0. The average Bonchev–Trinajstić information content (AvgIpc) is 2.76. The molecule has 3 aromatic carbocycles. The van der Waals surface area contributed by atoms with E-state index < -0.39 is 13.3 Å². The summed E-state index contributed by atoms with van der Waals surface area (Å²) in [5, 5.41) is 0. The van der Waals surface area contributed by atoms with Crippen molar-refractivity contribution < 1.29 is 18.4 Å². The monoisotopic (exact) mass is 423 g/mol. The van der Waals surface area contributed by atoms with Crippen LogP contribution in [0.25, 0.3) is 0 Å². The third kappa shape index (κ3) is 5.98. The zero-order valence-electron chi connectivity index (χ0n) is 16.9. The Morgan fingerprint density at radius 3 is 1.83 bits per heavy atom. The second-order valence-electron chi connectivity index (χ2n) is 7.04. The summed E-state index contributed by atoms with van der Waals surface area (Å²) in [4.78, 5) is 12.4. The van der Waals surface area contributed by atoms with Crippen LogP contribution in [0.2, 0.25) is 0 Å². The minimum atomic E-state index is -3.77. The summed E-state index contributed by atoms with van der Waals surface area (Å²) in [5.41, 5.74) is 6.70. The van der Waals surface area contributed by atoms with Crippen molar-refractivity contribution >= 4 is 19.1 Å². The number of anilines is 1. The molecular weight excluding hydrogens is 397 g/mol. The van der Waals surface area contributed by atoms with Gasteiger partial charge >= 0.3 is 7.60 Å². The number of hydrogen-bond donors (Lipinski definition) is 1. The molecular formula is C24H26NO4P. The number of nitrogen functional groups attached to an aromatic ring is 1. The van der Waals surface area contributed by atoms with Crippen LogP contribution in [-0.2, 0) is 15.8 Å². The van der Waals surface area contributed by atoms with E-state index in [9.17, 15) is 9.36 Å². The van der Waals surface area contributed by atoms with E-state index in [1.165, 1.54) is 0 Å². The van der Waals surface area contributed by atoms with E-state index in [0.29, 0.717) is 30.0 Å². The van der Waals surface area contributed by atoms with Crippen molar-refractivity contribution in [1.29, 1.82) is 0 Å². The van der Waals surface area contributed by atoms with Crippen LogP contribution in [-0.4, -0.2) is 11.4 Å². The molecule has 1 atom stereocenters. The van der Waals surface area contributed by atoms with Crippen molar-refractivity contribution in [2.45, 2.75) is 31.8 Å². The SMILES string of the molecule is CCC(=O)CC(Cc1ccc(N)cc1)P(=O)(Oc1ccccc1)Oc1ccccc1. The second-order valence-corrected chi connectivity index (χ2v) is 9.22. The van der Waals surface area contributed by atoms with E-state index >= 15 is 0 Å². The standard InChI is InChI=1S/C24H26NO4P/c1-2-21(26)18-24(17-19-13-15-20(25)16-14-19)30(27,28-22-9-5-3-6-10-22)29-23-11-7-4-8-12-23/h3-16,24H,2,17-18,25H2,1H3. The molecule has 0 fully saturated rings. The van der Waals surface area contributed by atoms with Gasteiger partial charge in [0.25, 0.3) is 0 Å². The first kappa shape index (κ1) is 21.7. The van der Waals surface area contributed by atoms with E-state index in [1.54, 1.807) is 67.6 Å². The Bertz CT molecular complexity index is 945. The number of rotatable bonds is 10. The van der Waals surface area contributed by atoms with Crippen LogP contribution < -0.4 is 14.8 Å². The molecule has 0 heterocycles. The summed E-state index contributed by atoms with van der Waals surface area (Å²) in [6.07, 6.45) is 0.815. The van der Waals surface area contributed by atoms with Gasteiger partial charge < -0.3 is 14.8 Å². The smallest absolute Gasteiger partial charge is 0.416 e. The normalized spacial score (nSPS) is 12.2. The molecule has 30 heavy (non-hydrogen) atoms. The number of ketones is 1. The van der Waals surface area contributed by atoms with Crippen molar-refractivity contribution in [3.63, 3.8) is 0 Å². The molecule has 1 unspecified atom stereocenters. The van der Waals surface area contributed by atoms with Gasteiger partial charge in [-0.15, -0.1) is 0 Å². The maximum Gasteiger partial charge on any atom is 0.434 e. The van der Waals surface area contributed by atoms with Crippen LogP contribution in [0, 0.1) is 0 Å². The lowest BCUT2D eigenvalue weighted by Gasteiger charge is -2.27. The topological polar surface area (TPSA) is 78.6 Å². The van der Waals surface area contributed by atoms with Gasteiger partial charge in [-0.3, -0.25) is 4.79 Å². The lowest BCUT2D eigenvalue weighted by molar-refractivity contribution is -0.118. The summed E-state index contributed by atoms with van der Waals surface area (Å²) in [7, 11) is -3.77. The highest BCUT2D eigenvalue weighted by atomic mass is 31.2. The predicted octanol–water partition coefficient (Wildman–Crippen LogP) is 5.90. The Kier molecular flexibility index (Phi) is 7.31. The van der Waals surface area contributed by atoms with Gasteiger partial charge in [0.05, 0.1) is 5.66 Å². The van der Waals surface area contributed by atoms with Crippen LogP contribution in [0.3, 0.4) is 0 Å². The molecule has 0 radical (unpaired) electrons. The van der Waals surface area contributed by atoms with E-state index in [4.69, 9.17) is 14.8 Å². The maximum absolute atomic E-state index is 14.2. The first-order valence-corrected chi connectivity index (χ1v) is 11.5. The predicted molar refractivity (Wildman–Crippen MR) is 120 cm³/mol. The average molecular weight is 423 g/mol. The summed E-state index contributed by atoms with van der Waals surface area (Å²) in [6, 6.07) is 25.1. The van der Waals surface area contributed by atoms with Gasteiger partial charge in [0.15, 0.2) is 0 Å². The highest BCUT2D eigenvalue weighted by Crippen LogP contribution is 2.55. The van der Waals surface area contributed by atoms with Gasteiger partial charge in [0, 0.05) is 18.5 Å². The fourth-order valence-electron chi connectivity index (χ4n) is 3.05. The van der Waals surface area contributed by atoms with Crippen LogP contribution in [0.4, 0.5) is 5.69 Å². The molecule has 0 saturated carbocycles. The van der Waals surface area contributed by atoms with E-state index in [-0.39, 0.29) is 12.2 Å². The Labute approximate surface area is 177 Å². The molecule has 156 valence electrons. The second kappa shape index (κ2) is 10.1. The van der Waals surface area contributed by atoms with E-state index in [0.717, 1.165) is 5.56 Å². The molecule has 0 aliphatic rings. The number of carbonyl (C=O) groups is 1. The molecule has 5 nitrogen and oxygen atoms in total. The zero-order valence-corrected chi connectivity index (χ0v) is 17.8. The summed E-state index contributed by atoms with van der Waals surface area (Å²) >= 11 is 0. The minimum absolute atomic E-state index is 0.00370. The third-order valence-electron chi connectivity index (χ3n) is 4.71. The Balaban J connectivity index is 1.98. The lowest BCUT2D eigenvalue weighted by Crippen LogP contribution is -2.23. The fraction of sp³-hybridized carbons (Fsp3) is 0.208. The molecule has 6 heteroatoms. The molecule has 0 aliphatic carbocycles. The van der Waals surface area contributed by atoms with Gasteiger partial charge in [-0.25, -0.2) is 4.57 Å². The number of carbonyl (C=O) groups excluding carboxylic acids is 1. The molecule has 3 rings (SSSR count). The highest BCUT2D eigenvalue weighted by molar-refractivity contribution is 7.55. The summed E-state index contributed by atoms with van der Waals surface area (Å²) in [5.74, 6) is 0.870. The zero-order chi connectivity index (χ0) is 21.4. The minimum Gasteiger partial charge on any atom is -0.416 e. The Morgan fingerprint density at radius 2 is 1.37 bits per heavy atom. The number of para-hydroxylation sites is 2. The Morgan fingerprint density at radius 1 is 0.867 bits per heavy atom. The summed E-state index contributed by atoms with van der Waals surface area (Å²) < 4.78 is 26.1. The van der Waals surface area contributed by atoms with Crippen molar-refractivity contribution in [2.24, 2.45) is 0 Å². The van der Waals surface area contributed by atoms with Gasteiger partial charge in [-0.1, -0.05) is 55.5 Å². The molecule has 0 amide bonds. The Hall–Kier alpha value is -3.04. The molecule has 0 bridgehead atoms. The van der Waals surface area contributed by atoms with Gasteiger partial charge in [-0.05, 0) is 48.4 Å². The number of benzene rings is 3. The van der Waals surface area contributed by atoms with Crippen LogP contribution >= 0.6 is 7.60 Å². The van der Waals surface area contributed by atoms with Gasteiger partial charge in [0.1, 0.15) is 17.3 Å². The molecule has 0 saturated heterocycles. The van der Waals surface area contributed by atoms with E-state index in [2.05, 4.69) is 0 Å². The first-order valence-electron chi connectivity index (χ1n) is 9.93. The molecule has 0 spiro atoms. The molecule has 3 aromatic rings. The van der Waals surface area contributed by atoms with Crippen LogP contribution in [0.1, 0.15) is 25.3 Å². The van der Waals surface area contributed by atoms with Crippen molar-refractivity contribution in [3.8, 4) is 11.5 Å². The maximum atomic E-state index is 14.2.